The Morgan fingerprint density at radius 3 is 2.80 bits per heavy atom. The summed E-state index contributed by atoms with van der Waals surface area (Å²) in [5.41, 5.74) is 1.12. The molecule has 0 radical (unpaired) electrons. The third-order valence-corrected chi connectivity index (χ3v) is 3.25. The number of likely N-dealkylation sites (N-methyl/N-ethyl adjacent to an activating group) is 1. The Labute approximate surface area is 116 Å². The maximum atomic E-state index is 5.61. The molecule has 0 spiro atoms. The lowest BCUT2D eigenvalue weighted by Gasteiger charge is -2.21. The zero-order valence-corrected chi connectivity index (χ0v) is 11.5. The molecule has 1 aromatic heterocycles. The van der Waals surface area contributed by atoms with Crippen LogP contribution in [0, 0.1) is 0 Å². The molecule has 7 nitrogen and oxygen atoms in total. The summed E-state index contributed by atoms with van der Waals surface area (Å²) in [5, 5.41) is 15.4. The van der Waals surface area contributed by atoms with E-state index >= 15 is 0 Å². The number of nitrogens with zero attached hydrogens (tertiary/aromatic N) is 4. The number of aryl methyl sites for hydroxylation is 1. The SMILES string of the molecule is CNC(Cc1nnn(C)n1)c1ccc2c(c1)OCCO2. The quantitative estimate of drug-likeness (QED) is 0.875. The fraction of sp³-hybridized carbons (Fsp3) is 0.462. The van der Waals surface area contributed by atoms with E-state index in [1.807, 2.05) is 25.2 Å². The lowest BCUT2D eigenvalue weighted by atomic mass is 10.0. The van der Waals surface area contributed by atoms with Crippen molar-refractivity contribution in [1.29, 1.82) is 0 Å². The van der Waals surface area contributed by atoms with Gasteiger partial charge in [0.05, 0.1) is 7.05 Å². The first-order valence-corrected chi connectivity index (χ1v) is 6.56. The van der Waals surface area contributed by atoms with E-state index in [0.29, 0.717) is 25.5 Å². The maximum Gasteiger partial charge on any atom is 0.176 e. The number of hydrogen-bond acceptors (Lipinski definition) is 6. The van der Waals surface area contributed by atoms with Crippen LogP contribution in [-0.2, 0) is 13.5 Å². The average Bonchev–Trinajstić information content (AvgIpc) is 2.89. The van der Waals surface area contributed by atoms with Gasteiger partial charge >= 0.3 is 0 Å². The van der Waals surface area contributed by atoms with Gasteiger partial charge in [-0.05, 0) is 30.0 Å². The Morgan fingerprint density at radius 2 is 2.10 bits per heavy atom. The van der Waals surface area contributed by atoms with Crippen LogP contribution < -0.4 is 14.8 Å². The molecule has 1 aliphatic rings. The Balaban J connectivity index is 1.81. The Morgan fingerprint density at radius 1 is 1.30 bits per heavy atom. The summed E-state index contributed by atoms with van der Waals surface area (Å²) in [4.78, 5) is 1.46. The van der Waals surface area contributed by atoms with Crippen LogP contribution in [0.5, 0.6) is 11.5 Å². The number of nitrogens with one attached hydrogen (secondary N) is 1. The Hall–Kier alpha value is -2.15. The van der Waals surface area contributed by atoms with Gasteiger partial charge in [0.2, 0.25) is 0 Å². The lowest BCUT2D eigenvalue weighted by Crippen LogP contribution is -2.21. The molecule has 0 saturated carbocycles. The van der Waals surface area contributed by atoms with E-state index in [0.717, 1.165) is 17.1 Å². The summed E-state index contributed by atoms with van der Waals surface area (Å²) in [5.74, 6) is 2.30. The third kappa shape index (κ3) is 2.57. The molecular weight excluding hydrogens is 258 g/mol. The highest BCUT2D eigenvalue weighted by Gasteiger charge is 2.17. The van der Waals surface area contributed by atoms with Gasteiger partial charge in [-0.2, -0.15) is 4.80 Å². The molecule has 1 unspecified atom stereocenters. The van der Waals surface area contributed by atoms with Gasteiger partial charge in [-0.25, -0.2) is 0 Å². The molecule has 20 heavy (non-hydrogen) atoms. The van der Waals surface area contributed by atoms with Crippen molar-refractivity contribution < 1.29 is 9.47 Å². The van der Waals surface area contributed by atoms with E-state index in [2.05, 4.69) is 20.7 Å². The second kappa shape index (κ2) is 5.46. The minimum absolute atomic E-state index is 0.107. The van der Waals surface area contributed by atoms with Crippen LogP contribution in [0.4, 0.5) is 0 Å². The van der Waals surface area contributed by atoms with Crippen molar-refractivity contribution in [2.24, 2.45) is 7.05 Å². The molecule has 1 atom stereocenters. The number of hydrogen-bond donors (Lipinski definition) is 1. The van der Waals surface area contributed by atoms with Crippen molar-refractivity contribution >= 4 is 0 Å². The highest BCUT2D eigenvalue weighted by molar-refractivity contribution is 5.44. The van der Waals surface area contributed by atoms with Crippen LogP contribution in [0.2, 0.25) is 0 Å². The van der Waals surface area contributed by atoms with Gasteiger partial charge in [-0.15, -0.1) is 10.2 Å². The van der Waals surface area contributed by atoms with Crippen molar-refractivity contribution in [1.82, 2.24) is 25.5 Å². The molecule has 2 heterocycles. The number of benzene rings is 1. The summed E-state index contributed by atoms with van der Waals surface area (Å²) in [6.45, 7) is 1.19. The molecule has 0 saturated heterocycles. The van der Waals surface area contributed by atoms with E-state index in [1.54, 1.807) is 7.05 Å². The van der Waals surface area contributed by atoms with E-state index in [1.165, 1.54) is 4.80 Å². The fourth-order valence-electron chi connectivity index (χ4n) is 2.25. The van der Waals surface area contributed by atoms with E-state index < -0.39 is 0 Å². The molecule has 7 heteroatoms. The minimum atomic E-state index is 0.107. The normalized spacial score (nSPS) is 15.1. The van der Waals surface area contributed by atoms with E-state index in [9.17, 15) is 0 Å². The predicted octanol–water partition coefficient (Wildman–Crippen LogP) is 0.484. The first-order chi connectivity index (χ1) is 9.76. The predicted molar refractivity (Wildman–Crippen MR) is 71.7 cm³/mol. The van der Waals surface area contributed by atoms with Gasteiger partial charge in [0.1, 0.15) is 13.2 Å². The van der Waals surface area contributed by atoms with Gasteiger partial charge in [0.15, 0.2) is 17.3 Å². The first-order valence-electron chi connectivity index (χ1n) is 6.56. The van der Waals surface area contributed by atoms with Crippen LogP contribution in [-0.4, -0.2) is 40.5 Å². The number of fused-ring (bicyclic) bond motifs is 1. The highest BCUT2D eigenvalue weighted by Crippen LogP contribution is 2.33. The van der Waals surface area contributed by atoms with E-state index in [-0.39, 0.29) is 6.04 Å². The van der Waals surface area contributed by atoms with E-state index in [4.69, 9.17) is 9.47 Å². The zero-order chi connectivity index (χ0) is 13.9. The second-order valence-electron chi connectivity index (χ2n) is 4.64. The average molecular weight is 275 g/mol. The molecule has 3 rings (SSSR count). The van der Waals surface area contributed by atoms with Gasteiger partial charge in [0.25, 0.3) is 0 Å². The summed E-state index contributed by atoms with van der Waals surface area (Å²) in [6, 6.07) is 6.09. The molecular formula is C13H17N5O2. The molecule has 2 aromatic rings. The minimum Gasteiger partial charge on any atom is -0.486 e. The van der Waals surface area contributed by atoms with Crippen LogP contribution >= 0.6 is 0 Å². The number of rotatable bonds is 4. The van der Waals surface area contributed by atoms with Crippen LogP contribution in [0.1, 0.15) is 17.4 Å². The lowest BCUT2D eigenvalue weighted by molar-refractivity contribution is 0.171. The molecule has 1 aliphatic heterocycles. The Bertz CT molecular complexity index is 598. The molecule has 1 N–H and O–H groups in total. The largest absolute Gasteiger partial charge is 0.486 e. The molecule has 0 aliphatic carbocycles. The first kappa shape index (κ1) is 12.9. The summed E-state index contributed by atoms with van der Waals surface area (Å²) in [7, 11) is 3.67. The number of aromatic nitrogens is 4. The molecule has 106 valence electrons. The summed E-state index contributed by atoms with van der Waals surface area (Å²) < 4.78 is 11.1. The van der Waals surface area contributed by atoms with Gasteiger partial charge in [-0.1, -0.05) is 6.07 Å². The summed E-state index contributed by atoms with van der Waals surface area (Å²) >= 11 is 0. The highest BCUT2D eigenvalue weighted by atomic mass is 16.6. The summed E-state index contributed by atoms with van der Waals surface area (Å²) in [6.07, 6.45) is 0.671. The maximum absolute atomic E-state index is 5.61. The Kier molecular flexibility index (Phi) is 3.51. The number of tetrazole rings is 1. The van der Waals surface area contributed by atoms with Gasteiger partial charge in [0, 0.05) is 12.5 Å². The monoisotopic (exact) mass is 275 g/mol. The van der Waals surface area contributed by atoms with Crippen molar-refractivity contribution in [3.05, 3.63) is 29.6 Å². The van der Waals surface area contributed by atoms with Gasteiger partial charge in [-0.3, -0.25) is 0 Å². The van der Waals surface area contributed by atoms with Crippen LogP contribution in [0.25, 0.3) is 0 Å². The molecule has 0 bridgehead atoms. The molecule has 0 amide bonds. The molecule has 1 aromatic carbocycles. The van der Waals surface area contributed by atoms with Crippen molar-refractivity contribution in [2.75, 3.05) is 20.3 Å². The van der Waals surface area contributed by atoms with Crippen LogP contribution in [0.15, 0.2) is 18.2 Å². The standard InChI is InChI=1S/C13H17N5O2/c1-14-10(8-13-15-17-18(2)16-13)9-3-4-11-12(7-9)20-6-5-19-11/h3-4,7,10,14H,5-6,8H2,1-2H3. The topological polar surface area (TPSA) is 74.1 Å². The van der Waals surface area contributed by atoms with Crippen molar-refractivity contribution in [3.63, 3.8) is 0 Å². The van der Waals surface area contributed by atoms with Crippen molar-refractivity contribution in [3.8, 4) is 11.5 Å². The molecule has 0 fully saturated rings. The third-order valence-electron chi connectivity index (χ3n) is 3.25. The number of ether oxygens (including phenoxy) is 2. The smallest absolute Gasteiger partial charge is 0.176 e. The van der Waals surface area contributed by atoms with Crippen molar-refractivity contribution in [2.45, 2.75) is 12.5 Å². The zero-order valence-electron chi connectivity index (χ0n) is 11.5. The second-order valence-corrected chi connectivity index (χ2v) is 4.64. The van der Waals surface area contributed by atoms with Gasteiger partial charge < -0.3 is 14.8 Å². The van der Waals surface area contributed by atoms with Crippen LogP contribution in [0.3, 0.4) is 0 Å². The fourth-order valence-corrected chi connectivity index (χ4v) is 2.25.